The van der Waals surface area contributed by atoms with Gasteiger partial charge in [-0.3, -0.25) is 0 Å². The minimum Gasteiger partial charge on any atom is -0.456 e. The van der Waals surface area contributed by atoms with Crippen molar-refractivity contribution in [2.45, 2.75) is 44.9 Å². The third-order valence-corrected chi connectivity index (χ3v) is 9.20. The molecule has 1 fully saturated rings. The number of nitrogens with two attached hydrogens (primary N) is 1. The first-order valence-corrected chi connectivity index (χ1v) is 12.9. The molecule has 5 aromatic rings. The molecular weight excluding hydrogens is 457 g/mol. The zero-order valence-electron chi connectivity index (χ0n) is 21.7. The van der Waals surface area contributed by atoms with Crippen molar-refractivity contribution in [3.05, 3.63) is 90.5 Å². The normalized spacial score (nSPS) is 20.6. The van der Waals surface area contributed by atoms with E-state index in [1.165, 1.54) is 0 Å². The van der Waals surface area contributed by atoms with E-state index >= 15 is 0 Å². The third-order valence-electron chi connectivity index (χ3n) is 9.20. The fraction of sp³-hybridized carbons (Fsp3) is 0.250. The second kappa shape index (κ2) is 8.24. The van der Waals surface area contributed by atoms with Gasteiger partial charge in [0.1, 0.15) is 11.2 Å². The van der Waals surface area contributed by atoms with E-state index in [0.717, 1.165) is 49.8 Å². The number of furan rings is 1. The van der Waals surface area contributed by atoms with Crippen molar-refractivity contribution in [2.75, 3.05) is 5.73 Å². The van der Waals surface area contributed by atoms with Crippen LogP contribution in [0.3, 0.4) is 0 Å². The summed E-state index contributed by atoms with van der Waals surface area (Å²) in [6, 6.07) is 28.4. The monoisotopic (exact) mass is 489 g/mol. The second-order valence-electron chi connectivity index (χ2n) is 11.5. The van der Waals surface area contributed by atoms with Crippen molar-refractivity contribution in [3.63, 3.8) is 0 Å². The maximum atomic E-state index is 11.2. The van der Waals surface area contributed by atoms with Crippen LogP contribution in [0.15, 0.2) is 89.3 Å². The van der Waals surface area contributed by atoms with Gasteiger partial charge in [0.2, 0.25) is 0 Å². The predicted octanol–water partition coefficient (Wildman–Crippen LogP) is 7.29. The average Bonchev–Trinajstić information content (AvgIpc) is 3.33. The molecule has 37 heavy (non-hydrogen) atoms. The Hall–Kier alpha value is -3.54. The van der Waals surface area contributed by atoms with E-state index in [4.69, 9.17) is 10.2 Å². The minimum absolute atomic E-state index is 0.356. The Morgan fingerprint density at radius 3 is 2.11 bits per heavy atom. The number of rotatable bonds is 3. The summed E-state index contributed by atoms with van der Waals surface area (Å²) in [5.41, 5.74) is 13.7. The van der Waals surface area contributed by atoms with E-state index in [1.54, 1.807) is 0 Å². The molecule has 0 spiro atoms. The first-order valence-electron chi connectivity index (χ1n) is 12.9. The van der Waals surface area contributed by atoms with Crippen LogP contribution in [-0.2, 0) is 0 Å². The molecule has 2 unspecified atom stereocenters. The number of anilines is 1. The average molecular weight is 489 g/mol. The van der Waals surface area contributed by atoms with Crippen molar-refractivity contribution < 1.29 is 14.5 Å². The highest BCUT2D eigenvalue weighted by atomic mass is 16.3. The Bertz CT molecular complexity index is 1600. The number of para-hydroxylation sites is 1. The van der Waals surface area contributed by atoms with Gasteiger partial charge in [0.05, 0.1) is 17.2 Å². The molecule has 4 aromatic carbocycles. The van der Waals surface area contributed by atoms with Crippen LogP contribution in [0, 0.1) is 5.41 Å². The fourth-order valence-electron chi connectivity index (χ4n) is 6.14. The molecule has 4 N–H and O–H groups in total. The van der Waals surface area contributed by atoms with E-state index < -0.39 is 23.7 Å². The summed E-state index contributed by atoms with van der Waals surface area (Å²) < 4.78 is 6.20. The molecule has 1 saturated heterocycles. The Labute approximate surface area is 217 Å². The Balaban J connectivity index is 1.53. The van der Waals surface area contributed by atoms with Gasteiger partial charge >= 0.3 is 6.92 Å². The predicted molar refractivity (Wildman–Crippen MR) is 154 cm³/mol. The van der Waals surface area contributed by atoms with Crippen molar-refractivity contribution in [1.29, 1.82) is 0 Å². The van der Waals surface area contributed by atoms with Crippen LogP contribution >= 0.6 is 0 Å². The Kier molecular flexibility index (Phi) is 5.31. The molecule has 2 heterocycles. The maximum absolute atomic E-state index is 11.2. The lowest BCUT2D eigenvalue weighted by atomic mass is 9.41. The van der Waals surface area contributed by atoms with E-state index in [1.807, 2.05) is 82.3 Å². The van der Waals surface area contributed by atoms with Crippen LogP contribution in [0.1, 0.15) is 39.1 Å². The Morgan fingerprint density at radius 1 is 0.811 bits per heavy atom. The van der Waals surface area contributed by atoms with Crippen LogP contribution in [0.25, 0.3) is 44.2 Å². The summed E-state index contributed by atoms with van der Waals surface area (Å²) in [4.78, 5) is 0. The molecule has 6 rings (SSSR count). The van der Waals surface area contributed by atoms with Crippen molar-refractivity contribution in [2.24, 2.45) is 5.41 Å². The van der Waals surface area contributed by atoms with E-state index in [2.05, 4.69) is 30.3 Å². The number of aliphatic hydroxyl groups excluding tert-OH is 1. The fourth-order valence-corrected chi connectivity index (χ4v) is 6.14. The summed E-state index contributed by atoms with van der Waals surface area (Å²) >= 11 is 0. The molecule has 2 atom stereocenters. The lowest BCUT2D eigenvalue weighted by Crippen LogP contribution is -2.34. The summed E-state index contributed by atoms with van der Waals surface area (Å²) in [6.45, 7) is 7.49. The van der Waals surface area contributed by atoms with Crippen LogP contribution in [0.4, 0.5) is 5.69 Å². The molecule has 1 aromatic heterocycles. The first-order chi connectivity index (χ1) is 17.6. The molecule has 0 radical (unpaired) electrons. The lowest BCUT2D eigenvalue weighted by molar-refractivity contribution is 0.0406. The summed E-state index contributed by atoms with van der Waals surface area (Å²) in [5, 5.41) is 23.9. The second-order valence-corrected chi connectivity index (χ2v) is 11.5. The highest BCUT2D eigenvalue weighted by molar-refractivity contribution is 6.57. The first kappa shape index (κ1) is 23.8. The molecule has 186 valence electrons. The molecule has 1 aliphatic rings. The smallest absolute Gasteiger partial charge is 0.305 e. The van der Waals surface area contributed by atoms with E-state index in [9.17, 15) is 10.1 Å². The quantitative estimate of drug-likeness (QED) is 0.184. The zero-order chi connectivity index (χ0) is 26.1. The highest BCUT2D eigenvalue weighted by Gasteiger charge is 2.62. The van der Waals surface area contributed by atoms with Crippen LogP contribution < -0.4 is 5.73 Å². The Morgan fingerprint density at radius 2 is 1.46 bits per heavy atom. The van der Waals surface area contributed by atoms with Gasteiger partial charge in [0, 0.05) is 16.8 Å². The number of benzene rings is 4. The largest absolute Gasteiger partial charge is 0.456 e. The summed E-state index contributed by atoms with van der Waals surface area (Å²) in [6.07, 6.45) is -0.651. The molecule has 1 aliphatic heterocycles. The highest BCUT2D eigenvalue weighted by Crippen LogP contribution is 2.61. The van der Waals surface area contributed by atoms with Gasteiger partial charge in [0.25, 0.3) is 0 Å². The molecule has 4 nitrogen and oxygen atoms in total. The zero-order valence-corrected chi connectivity index (χ0v) is 21.7. The number of aliphatic hydroxyl groups is 1. The molecule has 0 bridgehead atoms. The van der Waals surface area contributed by atoms with Gasteiger partial charge in [-0.2, -0.15) is 0 Å². The van der Waals surface area contributed by atoms with Gasteiger partial charge in [-0.1, -0.05) is 100 Å². The third kappa shape index (κ3) is 3.38. The summed E-state index contributed by atoms with van der Waals surface area (Å²) in [7, 11) is 0. The van der Waals surface area contributed by atoms with Crippen LogP contribution in [0.2, 0.25) is 5.31 Å². The van der Waals surface area contributed by atoms with Gasteiger partial charge in [-0.25, -0.2) is 0 Å². The number of nitrogen functional groups attached to an aromatic ring is 1. The lowest BCUT2D eigenvalue weighted by Gasteiger charge is -2.37. The SMILES string of the molecule is CC1(C)B(O)C(c2ccc(-c3c(-c4ccccc4)cc4oc5ccccc5c4c3N)cc2)C(O)C1(C)C. The van der Waals surface area contributed by atoms with Gasteiger partial charge in [-0.15, -0.1) is 0 Å². The van der Waals surface area contributed by atoms with E-state index in [0.29, 0.717) is 5.69 Å². The van der Waals surface area contributed by atoms with Crippen LogP contribution in [-0.4, -0.2) is 23.2 Å². The maximum Gasteiger partial charge on any atom is 0.305 e. The van der Waals surface area contributed by atoms with Crippen molar-refractivity contribution in [3.8, 4) is 22.3 Å². The van der Waals surface area contributed by atoms with Gasteiger partial charge in [-0.05, 0) is 45.1 Å². The van der Waals surface area contributed by atoms with Crippen molar-refractivity contribution >= 4 is 34.5 Å². The molecule has 5 heteroatoms. The minimum atomic E-state index is -0.651. The molecule has 0 aliphatic carbocycles. The number of fused-ring (bicyclic) bond motifs is 3. The van der Waals surface area contributed by atoms with Crippen LogP contribution in [0.5, 0.6) is 0 Å². The molecular formula is C32H32BNO3. The topological polar surface area (TPSA) is 79.6 Å². The molecule has 0 amide bonds. The molecule has 0 saturated carbocycles. The van der Waals surface area contributed by atoms with Gasteiger partial charge in [0.15, 0.2) is 0 Å². The standard InChI is InChI=1S/C32H32BNO3/c1-31(2)30(35)28(33(36)32(31,3)4)21-16-14-20(15-17-21)26-23(19-10-6-5-7-11-19)18-25-27(29(26)34)22-12-8-9-13-24(22)37-25/h5-18,28,30,35-36H,34H2,1-4H3. The van der Waals surface area contributed by atoms with Crippen molar-refractivity contribution in [1.82, 2.24) is 0 Å². The summed E-state index contributed by atoms with van der Waals surface area (Å²) in [5.74, 6) is -0.356. The number of hydrogen-bond donors (Lipinski definition) is 3. The van der Waals surface area contributed by atoms with Gasteiger partial charge < -0.3 is 20.3 Å². The number of hydrogen-bond acceptors (Lipinski definition) is 4. The van der Waals surface area contributed by atoms with E-state index in [-0.39, 0.29) is 5.82 Å².